The minimum atomic E-state index is -0.621. The van der Waals surface area contributed by atoms with Gasteiger partial charge in [0.15, 0.2) is 10.9 Å². The van der Waals surface area contributed by atoms with E-state index in [1.807, 2.05) is 0 Å². The number of nitrogens with one attached hydrogen (secondary N) is 1. The van der Waals surface area contributed by atoms with E-state index in [4.69, 9.17) is 0 Å². The molecule has 0 atom stereocenters. The first kappa shape index (κ1) is 13.8. The van der Waals surface area contributed by atoms with Gasteiger partial charge in [-0.2, -0.15) is 0 Å². The smallest absolute Gasteiger partial charge is 0.260 e. The number of benzene rings is 1. The predicted octanol–water partition coefficient (Wildman–Crippen LogP) is 3.50. The number of thiazole rings is 1. The molecule has 98 valence electrons. The first-order valence-corrected chi connectivity index (χ1v) is 6.81. The van der Waals surface area contributed by atoms with Crippen LogP contribution in [0.3, 0.4) is 0 Å². The fourth-order valence-corrected chi connectivity index (χ4v) is 2.40. The average Bonchev–Trinajstić information content (AvgIpc) is 2.80. The van der Waals surface area contributed by atoms with Crippen molar-refractivity contribution in [1.29, 1.82) is 0 Å². The zero-order chi connectivity index (χ0) is 14.0. The number of carbonyl (C=O) groups is 2. The van der Waals surface area contributed by atoms with E-state index in [1.165, 1.54) is 31.3 Å². The summed E-state index contributed by atoms with van der Waals surface area (Å²) in [6.45, 7) is 1.41. The summed E-state index contributed by atoms with van der Waals surface area (Å²) in [4.78, 5) is 27.3. The monoisotopic (exact) mass is 342 g/mol. The summed E-state index contributed by atoms with van der Waals surface area (Å²) in [5.41, 5.74) is -0.0889. The molecule has 4 nitrogen and oxygen atoms in total. The molecule has 0 aliphatic heterocycles. The van der Waals surface area contributed by atoms with E-state index in [0.29, 0.717) is 9.35 Å². The second-order valence-electron chi connectivity index (χ2n) is 3.66. The number of aromatic nitrogens is 1. The van der Waals surface area contributed by atoms with Gasteiger partial charge < -0.3 is 0 Å². The Kier molecular flexibility index (Phi) is 4.06. The standard InChI is InChI=1S/C12H8BrFN2O2S/c1-6(17)10-5-15-12(19-10)16-11(18)8-4-7(13)2-3-9(8)14/h2-5H,1H3,(H,15,16,18). The lowest BCUT2D eigenvalue weighted by Gasteiger charge is -2.03. The van der Waals surface area contributed by atoms with Crippen molar-refractivity contribution in [3.05, 3.63) is 45.1 Å². The summed E-state index contributed by atoms with van der Waals surface area (Å²) in [7, 11) is 0. The van der Waals surface area contributed by atoms with Crippen molar-refractivity contribution in [2.75, 3.05) is 5.32 Å². The van der Waals surface area contributed by atoms with Crippen LogP contribution >= 0.6 is 27.3 Å². The molecule has 0 saturated carbocycles. The van der Waals surface area contributed by atoms with Crippen molar-refractivity contribution in [3.63, 3.8) is 0 Å². The summed E-state index contributed by atoms with van der Waals surface area (Å²) in [5.74, 6) is -1.36. The number of carbonyl (C=O) groups excluding carboxylic acids is 2. The lowest BCUT2D eigenvalue weighted by molar-refractivity contribution is 0.101. The lowest BCUT2D eigenvalue weighted by atomic mass is 10.2. The van der Waals surface area contributed by atoms with Crippen molar-refractivity contribution in [2.45, 2.75) is 6.92 Å². The van der Waals surface area contributed by atoms with Crippen LogP contribution in [0, 0.1) is 5.82 Å². The van der Waals surface area contributed by atoms with Gasteiger partial charge in [0, 0.05) is 11.4 Å². The van der Waals surface area contributed by atoms with Gasteiger partial charge in [0.1, 0.15) is 5.82 Å². The molecule has 0 aliphatic carbocycles. The van der Waals surface area contributed by atoms with Gasteiger partial charge in [0.05, 0.1) is 16.6 Å². The van der Waals surface area contributed by atoms with Gasteiger partial charge in [0.25, 0.3) is 5.91 Å². The SMILES string of the molecule is CC(=O)c1cnc(NC(=O)c2cc(Br)ccc2F)s1. The van der Waals surface area contributed by atoms with Gasteiger partial charge in [-0.1, -0.05) is 27.3 Å². The first-order valence-electron chi connectivity index (χ1n) is 5.20. The van der Waals surface area contributed by atoms with E-state index in [-0.39, 0.29) is 16.5 Å². The van der Waals surface area contributed by atoms with E-state index in [1.54, 1.807) is 0 Å². The summed E-state index contributed by atoms with van der Waals surface area (Å²) in [6.07, 6.45) is 1.37. The molecule has 0 spiro atoms. The van der Waals surface area contributed by atoms with Gasteiger partial charge in [-0.05, 0) is 18.2 Å². The summed E-state index contributed by atoms with van der Waals surface area (Å²) >= 11 is 4.22. The van der Waals surface area contributed by atoms with Crippen LogP contribution in [-0.2, 0) is 0 Å². The highest BCUT2D eigenvalue weighted by molar-refractivity contribution is 9.10. The number of hydrogen-bond acceptors (Lipinski definition) is 4. The zero-order valence-electron chi connectivity index (χ0n) is 9.74. The van der Waals surface area contributed by atoms with E-state index in [9.17, 15) is 14.0 Å². The van der Waals surface area contributed by atoms with Gasteiger partial charge in [0.2, 0.25) is 0 Å². The normalized spacial score (nSPS) is 10.3. The number of amides is 1. The molecule has 0 bridgehead atoms. The van der Waals surface area contributed by atoms with Crippen LogP contribution in [0.25, 0.3) is 0 Å². The van der Waals surface area contributed by atoms with E-state index in [2.05, 4.69) is 26.2 Å². The molecule has 2 aromatic rings. The third-order valence-electron chi connectivity index (χ3n) is 2.25. The molecule has 1 heterocycles. The second-order valence-corrected chi connectivity index (χ2v) is 5.61. The number of Topliss-reactive ketones (excluding diaryl/α,β-unsaturated/α-hetero) is 1. The van der Waals surface area contributed by atoms with Crippen LogP contribution in [0.2, 0.25) is 0 Å². The van der Waals surface area contributed by atoms with Crippen LogP contribution in [0.15, 0.2) is 28.9 Å². The highest BCUT2D eigenvalue weighted by Crippen LogP contribution is 2.21. The summed E-state index contributed by atoms with van der Waals surface area (Å²) in [5, 5.41) is 2.72. The molecular formula is C12H8BrFN2O2S. The fraction of sp³-hybridized carbons (Fsp3) is 0.0833. The highest BCUT2D eigenvalue weighted by atomic mass is 79.9. The van der Waals surface area contributed by atoms with Gasteiger partial charge in [-0.15, -0.1) is 0 Å². The summed E-state index contributed by atoms with van der Waals surface area (Å²) < 4.78 is 14.1. The molecular weight excluding hydrogens is 335 g/mol. The Morgan fingerprint density at radius 1 is 1.42 bits per heavy atom. The Bertz CT molecular complexity index is 657. The molecule has 1 aromatic carbocycles. The van der Waals surface area contributed by atoms with E-state index >= 15 is 0 Å². The van der Waals surface area contributed by atoms with Crippen molar-refractivity contribution in [3.8, 4) is 0 Å². The van der Waals surface area contributed by atoms with E-state index in [0.717, 1.165) is 11.3 Å². The maximum absolute atomic E-state index is 13.5. The fourth-order valence-electron chi connectivity index (χ4n) is 1.33. The number of rotatable bonds is 3. The molecule has 0 saturated heterocycles. The number of ketones is 1. The van der Waals surface area contributed by atoms with Gasteiger partial charge in [-0.3, -0.25) is 14.9 Å². The predicted molar refractivity (Wildman–Crippen MR) is 74.2 cm³/mol. The minimum absolute atomic E-state index is 0.0889. The third-order valence-corrected chi connectivity index (χ3v) is 3.75. The van der Waals surface area contributed by atoms with Gasteiger partial charge in [-0.25, -0.2) is 9.37 Å². The lowest BCUT2D eigenvalue weighted by Crippen LogP contribution is -2.13. The number of hydrogen-bond donors (Lipinski definition) is 1. The molecule has 0 radical (unpaired) electrons. The molecule has 2 rings (SSSR count). The maximum Gasteiger partial charge on any atom is 0.260 e. The summed E-state index contributed by atoms with van der Waals surface area (Å²) in [6, 6.07) is 4.08. The third kappa shape index (κ3) is 3.24. The number of halogens is 2. The Hall–Kier alpha value is -1.60. The van der Waals surface area contributed by atoms with Crippen molar-refractivity contribution < 1.29 is 14.0 Å². The molecule has 1 aromatic heterocycles. The Labute approximate surface area is 120 Å². The molecule has 0 aliphatic rings. The van der Waals surface area contributed by atoms with E-state index < -0.39 is 11.7 Å². The van der Waals surface area contributed by atoms with Crippen molar-refractivity contribution in [1.82, 2.24) is 4.98 Å². The highest BCUT2D eigenvalue weighted by Gasteiger charge is 2.14. The molecule has 7 heteroatoms. The van der Waals surface area contributed by atoms with Crippen LogP contribution in [0.1, 0.15) is 27.0 Å². The van der Waals surface area contributed by atoms with Crippen molar-refractivity contribution in [2.24, 2.45) is 0 Å². The van der Waals surface area contributed by atoms with Crippen LogP contribution < -0.4 is 5.32 Å². The molecule has 0 fully saturated rings. The van der Waals surface area contributed by atoms with Crippen molar-refractivity contribution >= 4 is 44.1 Å². The topological polar surface area (TPSA) is 59.1 Å². The Morgan fingerprint density at radius 3 is 2.79 bits per heavy atom. The maximum atomic E-state index is 13.5. The molecule has 19 heavy (non-hydrogen) atoms. The van der Waals surface area contributed by atoms with Crippen LogP contribution in [0.4, 0.5) is 9.52 Å². The largest absolute Gasteiger partial charge is 0.298 e. The zero-order valence-corrected chi connectivity index (χ0v) is 12.1. The first-order chi connectivity index (χ1) is 8.97. The Morgan fingerprint density at radius 2 is 2.16 bits per heavy atom. The average molecular weight is 343 g/mol. The number of nitrogens with zero attached hydrogens (tertiary/aromatic N) is 1. The molecule has 1 amide bonds. The quantitative estimate of drug-likeness (QED) is 0.868. The molecule has 0 unspecified atom stereocenters. The minimum Gasteiger partial charge on any atom is -0.298 e. The molecule has 1 N–H and O–H groups in total. The number of anilines is 1. The second kappa shape index (κ2) is 5.58. The van der Waals surface area contributed by atoms with Crippen LogP contribution in [-0.4, -0.2) is 16.7 Å². The van der Waals surface area contributed by atoms with Crippen LogP contribution in [0.5, 0.6) is 0 Å². The Balaban J connectivity index is 2.20. The van der Waals surface area contributed by atoms with Gasteiger partial charge >= 0.3 is 0 Å².